The number of hydrogen-bond donors (Lipinski definition) is 1. The van der Waals surface area contributed by atoms with E-state index in [0.717, 1.165) is 10.3 Å². The lowest BCUT2D eigenvalue weighted by atomic mass is 10.2. The van der Waals surface area contributed by atoms with Crippen molar-refractivity contribution in [2.75, 3.05) is 6.61 Å². The fraction of sp³-hybridized carbons (Fsp3) is 0.120. The molecule has 0 fully saturated rings. The van der Waals surface area contributed by atoms with Crippen LogP contribution in [-0.2, 0) is 6.61 Å². The summed E-state index contributed by atoms with van der Waals surface area (Å²) in [6.45, 7) is 2.56. The number of carbonyl (C=O) groups is 1. The average Bonchev–Trinajstić information content (AvgIpc) is 3.28. The zero-order chi connectivity index (χ0) is 25.7. The summed E-state index contributed by atoms with van der Waals surface area (Å²) >= 11 is 11.0. The van der Waals surface area contributed by atoms with Gasteiger partial charge in [0.25, 0.3) is 11.6 Å². The van der Waals surface area contributed by atoms with Crippen molar-refractivity contribution in [3.05, 3.63) is 96.3 Å². The molecule has 4 rings (SSSR count). The number of nitrogens with zero attached hydrogens (tertiary/aromatic N) is 2. The first kappa shape index (κ1) is 25.6. The second-order valence-electron chi connectivity index (χ2n) is 7.43. The fourth-order valence-corrected chi connectivity index (χ4v) is 5.01. The number of ether oxygens (including phenoxy) is 2. The van der Waals surface area contributed by atoms with Crippen molar-refractivity contribution in [3.63, 3.8) is 0 Å². The Morgan fingerprint density at radius 2 is 2.00 bits per heavy atom. The van der Waals surface area contributed by atoms with E-state index in [2.05, 4.69) is 26.5 Å². The Hall–Kier alpha value is -3.47. The van der Waals surface area contributed by atoms with Crippen LogP contribution in [0.25, 0.3) is 10.1 Å². The van der Waals surface area contributed by atoms with Crippen molar-refractivity contribution in [3.8, 4) is 11.5 Å². The van der Waals surface area contributed by atoms with Gasteiger partial charge in [-0.3, -0.25) is 14.9 Å². The highest BCUT2D eigenvalue weighted by molar-refractivity contribution is 9.10. The highest BCUT2D eigenvalue weighted by Crippen LogP contribution is 2.37. The Bertz CT molecular complexity index is 1470. The minimum absolute atomic E-state index is 0.0275. The Kier molecular flexibility index (Phi) is 8.19. The van der Waals surface area contributed by atoms with E-state index in [1.807, 2.05) is 25.1 Å². The zero-order valence-electron chi connectivity index (χ0n) is 18.9. The number of nitro groups is 1. The third-order valence-corrected chi connectivity index (χ3v) is 7.05. The monoisotopic (exact) mass is 587 g/mol. The fourth-order valence-electron chi connectivity index (χ4n) is 3.31. The largest absolute Gasteiger partial charge is 0.490 e. The molecule has 3 aromatic carbocycles. The second kappa shape index (κ2) is 11.5. The lowest BCUT2D eigenvalue weighted by Gasteiger charge is -2.15. The van der Waals surface area contributed by atoms with Crippen LogP contribution in [0.2, 0.25) is 5.02 Å². The Morgan fingerprint density at radius 1 is 1.19 bits per heavy atom. The molecule has 11 heteroatoms. The predicted octanol–water partition coefficient (Wildman–Crippen LogP) is 6.97. The molecule has 184 valence electrons. The number of nitrogens with one attached hydrogen (secondary N) is 1. The molecule has 1 N–H and O–H groups in total. The van der Waals surface area contributed by atoms with Crippen molar-refractivity contribution in [2.24, 2.45) is 5.10 Å². The van der Waals surface area contributed by atoms with Crippen molar-refractivity contribution in [2.45, 2.75) is 13.5 Å². The molecular formula is C25H19BrClN3O5S. The highest BCUT2D eigenvalue weighted by atomic mass is 79.9. The number of hydrogen-bond acceptors (Lipinski definition) is 7. The van der Waals surface area contributed by atoms with Crippen molar-refractivity contribution in [1.29, 1.82) is 0 Å². The van der Waals surface area contributed by atoms with E-state index < -0.39 is 10.8 Å². The standard InChI is InChI=1S/C25H19BrClN3O5S/c1-2-34-21-10-15(9-19(26)24(21)35-14-16-5-3-4-6-20(16)27)13-28-29-25(31)23-12-17-11-18(30(32)33)7-8-22(17)36-23/h3-13H,2,14H2,1H3,(H,29,31)/b28-13-. The number of amides is 1. The first-order valence-corrected chi connectivity index (χ1v) is 12.7. The van der Waals surface area contributed by atoms with Crippen LogP contribution in [0.1, 0.15) is 27.7 Å². The maximum atomic E-state index is 12.5. The Balaban J connectivity index is 1.47. The molecule has 0 unspecified atom stereocenters. The number of rotatable bonds is 9. The van der Waals surface area contributed by atoms with Crippen LogP contribution < -0.4 is 14.9 Å². The minimum Gasteiger partial charge on any atom is -0.490 e. The van der Waals surface area contributed by atoms with Gasteiger partial charge in [-0.1, -0.05) is 29.8 Å². The number of benzene rings is 3. The second-order valence-corrected chi connectivity index (χ2v) is 9.78. The number of carbonyl (C=O) groups excluding carboxylic acids is 1. The number of fused-ring (bicyclic) bond motifs is 1. The van der Waals surface area contributed by atoms with Gasteiger partial charge in [0.2, 0.25) is 0 Å². The van der Waals surface area contributed by atoms with E-state index in [0.29, 0.717) is 43.4 Å². The van der Waals surface area contributed by atoms with Gasteiger partial charge >= 0.3 is 0 Å². The molecule has 8 nitrogen and oxygen atoms in total. The number of halogens is 2. The molecular weight excluding hydrogens is 570 g/mol. The molecule has 0 radical (unpaired) electrons. The summed E-state index contributed by atoms with van der Waals surface area (Å²) in [6, 6.07) is 17.1. The Morgan fingerprint density at radius 3 is 2.75 bits per heavy atom. The molecule has 0 saturated carbocycles. The van der Waals surface area contributed by atoms with Gasteiger partial charge < -0.3 is 9.47 Å². The molecule has 4 aromatic rings. The molecule has 0 bridgehead atoms. The van der Waals surface area contributed by atoms with Gasteiger partial charge in [-0.05, 0) is 58.7 Å². The first-order chi connectivity index (χ1) is 17.4. The topological polar surface area (TPSA) is 103 Å². The number of hydrazone groups is 1. The molecule has 1 heterocycles. The van der Waals surface area contributed by atoms with Gasteiger partial charge in [-0.15, -0.1) is 11.3 Å². The summed E-state index contributed by atoms with van der Waals surface area (Å²) in [4.78, 5) is 23.4. The third kappa shape index (κ3) is 6.01. The van der Waals surface area contributed by atoms with E-state index in [1.54, 1.807) is 30.3 Å². The molecule has 0 aliphatic rings. The van der Waals surface area contributed by atoms with E-state index >= 15 is 0 Å². The summed E-state index contributed by atoms with van der Waals surface area (Å²) < 4.78 is 13.2. The summed E-state index contributed by atoms with van der Waals surface area (Å²) in [5, 5.41) is 16.3. The normalized spacial score (nSPS) is 11.1. The van der Waals surface area contributed by atoms with Crippen LogP contribution in [0.15, 0.2) is 70.2 Å². The van der Waals surface area contributed by atoms with Crippen LogP contribution in [0.4, 0.5) is 5.69 Å². The lowest BCUT2D eigenvalue weighted by molar-refractivity contribution is -0.384. The van der Waals surface area contributed by atoms with Crippen LogP contribution in [0.3, 0.4) is 0 Å². The molecule has 1 aromatic heterocycles. The molecule has 0 aliphatic carbocycles. The summed E-state index contributed by atoms with van der Waals surface area (Å²) in [7, 11) is 0. The van der Waals surface area contributed by atoms with Gasteiger partial charge in [-0.25, -0.2) is 5.43 Å². The zero-order valence-corrected chi connectivity index (χ0v) is 22.0. The van der Waals surface area contributed by atoms with Crippen molar-refractivity contribution in [1.82, 2.24) is 5.43 Å². The van der Waals surface area contributed by atoms with Crippen LogP contribution in [0, 0.1) is 10.1 Å². The highest BCUT2D eigenvalue weighted by Gasteiger charge is 2.15. The molecule has 0 atom stereocenters. The predicted molar refractivity (Wildman–Crippen MR) is 145 cm³/mol. The number of non-ortho nitro benzene ring substituents is 1. The minimum atomic E-state index is -0.469. The molecule has 36 heavy (non-hydrogen) atoms. The number of nitro benzene ring substituents is 1. The molecule has 0 spiro atoms. The van der Waals surface area contributed by atoms with Crippen LogP contribution >= 0.6 is 38.9 Å². The third-order valence-electron chi connectivity index (χ3n) is 4.98. The van der Waals surface area contributed by atoms with Crippen LogP contribution in [-0.4, -0.2) is 23.7 Å². The summed E-state index contributed by atoms with van der Waals surface area (Å²) in [5.74, 6) is 0.619. The van der Waals surface area contributed by atoms with E-state index in [-0.39, 0.29) is 12.3 Å². The van der Waals surface area contributed by atoms with Gasteiger partial charge in [0.1, 0.15) is 6.61 Å². The quantitative estimate of drug-likeness (QED) is 0.129. The maximum Gasteiger partial charge on any atom is 0.281 e. The number of thiophene rings is 1. The lowest BCUT2D eigenvalue weighted by Crippen LogP contribution is -2.16. The first-order valence-electron chi connectivity index (χ1n) is 10.7. The van der Waals surface area contributed by atoms with Crippen molar-refractivity contribution >= 4 is 66.8 Å². The van der Waals surface area contributed by atoms with E-state index in [4.69, 9.17) is 21.1 Å². The average molecular weight is 589 g/mol. The molecule has 0 saturated heterocycles. The summed E-state index contributed by atoms with van der Waals surface area (Å²) in [6.07, 6.45) is 1.49. The van der Waals surface area contributed by atoms with Crippen LogP contribution in [0.5, 0.6) is 11.5 Å². The smallest absolute Gasteiger partial charge is 0.281 e. The van der Waals surface area contributed by atoms with Gasteiger partial charge in [-0.2, -0.15) is 5.10 Å². The summed E-state index contributed by atoms with van der Waals surface area (Å²) in [5.41, 5.74) is 3.98. The van der Waals surface area contributed by atoms with Gasteiger partial charge in [0, 0.05) is 32.8 Å². The van der Waals surface area contributed by atoms with Gasteiger partial charge in [0.15, 0.2) is 11.5 Å². The SMILES string of the molecule is CCOc1cc(/C=N\NC(=O)c2cc3cc([N+](=O)[O-])ccc3s2)cc(Br)c1OCc1ccccc1Cl. The van der Waals surface area contributed by atoms with E-state index in [9.17, 15) is 14.9 Å². The molecule has 0 aliphatic heterocycles. The van der Waals surface area contributed by atoms with Gasteiger partial charge in [0.05, 0.1) is 27.1 Å². The Labute approximate surface area is 223 Å². The maximum absolute atomic E-state index is 12.5. The molecule has 1 amide bonds. The van der Waals surface area contributed by atoms with E-state index in [1.165, 1.54) is 29.7 Å². The van der Waals surface area contributed by atoms with Crippen molar-refractivity contribution < 1.29 is 19.2 Å².